The van der Waals surface area contributed by atoms with Crippen molar-refractivity contribution < 1.29 is 4.79 Å². The molecule has 0 unspecified atom stereocenters. The van der Waals surface area contributed by atoms with Gasteiger partial charge in [-0.05, 0) is 19.3 Å². The van der Waals surface area contributed by atoms with Gasteiger partial charge in [0, 0.05) is 12.0 Å². The van der Waals surface area contributed by atoms with Gasteiger partial charge in [-0.1, -0.05) is 13.8 Å². The SMILES string of the molecule is CCC(=O)NC1(CC)CC1. The lowest BCUT2D eigenvalue weighted by atomic mass is 10.2. The smallest absolute Gasteiger partial charge is 0.220 e. The third-order valence-electron chi connectivity index (χ3n) is 2.26. The Balaban J connectivity index is 2.30. The van der Waals surface area contributed by atoms with Gasteiger partial charge in [0.25, 0.3) is 0 Å². The van der Waals surface area contributed by atoms with E-state index < -0.39 is 0 Å². The molecule has 0 aromatic carbocycles. The maximum absolute atomic E-state index is 10.9. The molecule has 2 nitrogen and oxygen atoms in total. The zero-order chi connectivity index (χ0) is 7.61. The largest absolute Gasteiger partial charge is 0.351 e. The van der Waals surface area contributed by atoms with E-state index in [0.29, 0.717) is 6.42 Å². The van der Waals surface area contributed by atoms with Gasteiger partial charge in [-0.15, -0.1) is 0 Å². The normalized spacial score (nSPS) is 20.2. The van der Waals surface area contributed by atoms with Gasteiger partial charge < -0.3 is 5.32 Å². The van der Waals surface area contributed by atoms with Gasteiger partial charge in [0.05, 0.1) is 0 Å². The van der Waals surface area contributed by atoms with Crippen molar-refractivity contribution in [3.8, 4) is 0 Å². The van der Waals surface area contributed by atoms with Crippen LogP contribution in [0.4, 0.5) is 0 Å². The Kier molecular flexibility index (Phi) is 1.97. The lowest BCUT2D eigenvalue weighted by Gasteiger charge is -2.13. The first kappa shape index (κ1) is 7.58. The van der Waals surface area contributed by atoms with Crippen LogP contribution in [0.5, 0.6) is 0 Å². The van der Waals surface area contributed by atoms with Crippen LogP contribution in [0.15, 0.2) is 0 Å². The highest BCUT2D eigenvalue weighted by Crippen LogP contribution is 2.38. The molecular weight excluding hydrogens is 126 g/mol. The molecule has 1 N–H and O–H groups in total. The Hall–Kier alpha value is -0.530. The van der Waals surface area contributed by atoms with E-state index in [-0.39, 0.29) is 11.4 Å². The fourth-order valence-corrected chi connectivity index (χ4v) is 1.10. The minimum atomic E-state index is 0.194. The van der Waals surface area contributed by atoms with E-state index in [1.165, 1.54) is 12.8 Å². The van der Waals surface area contributed by atoms with Crippen LogP contribution in [0.3, 0.4) is 0 Å². The number of carbonyl (C=O) groups excluding carboxylic acids is 1. The molecule has 0 heterocycles. The maximum Gasteiger partial charge on any atom is 0.220 e. The molecule has 1 saturated carbocycles. The van der Waals surface area contributed by atoms with Crippen molar-refractivity contribution in [3.63, 3.8) is 0 Å². The summed E-state index contributed by atoms with van der Waals surface area (Å²) in [6.45, 7) is 4.02. The third kappa shape index (κ3) is 1.49. The fraction of sp³-hybridized carbons (Fsp3) is 0.875. The van der Waals surface area contributed by atoms with E-state index in [9.17, 15) is 4.79 Å². The monoisotopic (exact) mass is 141 g/mol. The second kappa shape index (κ2) is 2.60. The van der Waals surface area contributed by atoms with E-state index in [2.05, 4.69) is 12.2 Å². The molecule has 2 heteroatoms. The molecule has 1 fully saturated rings. The minimum Gasteiger partial charge on any atom is -0.351 e. The first-order valence-corrected chi connectivity index (χ1v) is 4.03. The van der Waals surface area contributed by atoms with Crippen LogP contribution < -0.4 is 5.32 Å². The van der Waals surface area contributed by atoms with Gasteiger partial charge in [-0.3, -0.25) is 4.79 Å². The molecule has 1 rings (SSSR count). The molecule has 0 aromatic heterocycles. The van der Waals surface area contributed by atoms with Crippen LogP contribution in [0.1, 0.15) is 39.5 Å². The number of hydrogen-bond acceptors (Lipinski definition) is 1. The Labute approximate surface area is 62.0 Å². The van der Waals surface area contributed by atoms with E-state index >= 15 is 0 Å². The Morgan fingerprint density at radius 3 is 2.40 bits per heavy atom. The van der Waals surface area contributed by atoms with Crippen molar-refractivity contribution in [2.75, 3.05) is 0 Å². The molecule has 1 aliphatic carbocycles. The van der Waals surface area contributed by atoms with Crippen molar-refractivity contribution in [1.29, 1.82) is 0 Å². The van der Waals surface area contributed by atoms with Crippen molar-refractivity contribution in [2.24, 2.45) is 0 Å². The summed E-state index contributed by atoms with van der Waals surface area (Å²) < 4.78 is 0. The van der Waals surface area contributed by atoms with Crippen LogP contribution in [0.2, 0.25) is 0 Å². The predicted molar refractivity (Wildman–Crippen MR) is 40.7 cm³/mol. The summed E-state index contributed by atoms with van der Waals surface area (Å²) in [5.74, 6) is 0.194. The lowest BCUT2D eigenvalue weighted by molar-refractivity contribution is -0.121. The topological polar surface area (TPSA) is 29.1 Å². The summed E-state index contributed by atoms with van der Waals surface area (Å²) in [5.41, 5.74) is 0.215. The zero-order valence-electron chi connectivity index (χ0n) is 6.74. The number of amides is 1. The Morgan fingerprint density at radius 2 is 2.10 bits per heavy atom. The number of carbonyl (C=O) groups is 1. The molecule has 58 valence electrons. The van der Waals surface area contributed by atoms with Crippen LogP contribution in [-0.2, 0) is 4.79 Å². The molecule has 0 aliphatic heterocycles. The molecule has 0 aromatic rings. The second-order valence-corrected chi connectivity index (χ2v) is 3.04. The molecular formula is C8H15NO. The molecule has 1 aliphatic rings. The summed E-state index contributed by atoms with van der Waals surface area (Å²) in [6, 6.07) is 0. The van der Waals surface area contributed by atoms with Crippen LogP contribution >= 0.6 is 0 Å². The van der Waals surface area contributed by atoms with Crippen LogP contribution in [0.25, 0.3) is 0 Å². The van der Waals surface area contributed by atoms with Crippen LogP contribution in [0, 0.1) is 0 Å². The summed E-state index contributed by atoms with van der Waals surface area (Å²) in [5, 5.41) is 3.03. The van der Waals surface area contributed by atoms with Gasteiger partial charge in [0.15, 0.2) is 0 Å². The molecule has 0 saturated heterocycles. The Morgan fingerprint density at radius 1 is 1.50 bits per heavy atom. The average molecular weight is 141 g/mol. The van der Waals surface area contributed by atoms with E-state index in [1.807, 2.05) is 6.92 Å². The second-order valence-electron chi connectivity index (χ2n) is 3.04. The lowest BCUT2D eigenvalue weighted by Crippen LogP contribution is -2.35. The van der Waals surface area contributed by atoms with Gasteiger partial charge in [0.2, 0.25) is 5.91 Å². The summed E-state index contributed by atoms with van der Waals surface area (Å²) in [4.78, 5) is 10.9. The number of nitrogens with one attached hydrogen (secondary N) is 1. The van der Waals surface area contributed by atoms with E-state index in [4.69, 9.17) is 0 Å². The van der Waals surface area contributed by atoms with Crippen molar-refractivity contribution in [1.82, 2.24) is 5.32 Å². The molecule has 0 bridgehead atoms. The van der Waals surface area contributed by atoms with Gasteiger partial charge in [-0.2, -0.15) is 0 Å². The quantitative estimate of drug-likeness (QED) is 0.633. The summed E-state index contributed by atoms with van der Waals surface area (Å²) >= 11 is 0. The first-order chi connectivity index (χ1) is 4.72. The highest BCUT2D eigenvalue weighted by molar-refractivity contribution is 5.76. The maximum atomic E-state index is 10.9. The average Bonchev–Trinajstić information content (AvgIpc) is 2.70. The summed E-state index contributed by atoms with van der Waals surface area (Å²) in [7, 11) is 0. The zero-order valence-corrected chi connectivity index (χ0v) is 6.74. The van der Waals surface area contributed by atoms with Gasteiger partial charge in [0.1, 0.15) is 0 Å². The molecule has 0 spiro atoms. The first-order valence-electron chi connectivity index (χ1n) is 4.03. The van der Waals surface area contributed by atoms with Gasteiger partial charge >= 0.3 is 0 Å². The molecule has 0 atom stereocenters. The van der Waals surface area contributed by atoms with Gasteiger partial charge in [-0.25, -0.2) is 0 Å². The molecule has 0 radical (unpaired) electrons. The minimum absolute atomic E-state index is 0.194. The van der Waals surface area contributed by atoms with Crippen molar-refractivity contribution >= 4 is 5.91 Å². The Bertz CT molecular complexity index is 138. The van der Waals surface area contributed by atoms with Crippen molar-refractivity contribution in [2.45, 2.75) is 45.1 Å². The van der Waals surface area contributed by atoms with Crippen LogP contribution in [-0.4, -0.2) is 11.4 Å². The molecule has 10 heavy (non-hydrogen) atoms. The molecule has 1 amide bonds. The number of rotatable bonds is 3. The fourth-order valence-electron chi connectivity index (χ4n) is 1.10. The summed E-state index contributed by atoms with van der Waals surface area (Å²) in [6.07, 6.45) is 4.05. The highest BCUT2D eigenvalue weighted by Gasteiger charge is 2.41. The predicted octanol–water partition coefficient (Wildman–Crippen LogP) is 1.46. The highest BCUT2D eigenvalue weighted by atomic mass is 16.1. The number of hydrogen-bond donors (Lipinski definition) is 1. The standard InChI is InChI=1S/C8H15NO/c1-3-7(10)9-8(4-2)5-6-8/h3-6H2,1-2H3,(H,9,10). The third-order valence-corrected chi connectivity index (χ3v) is 2.26. The van der Waals surface area contributed by atoms with E-state index in [1.54, 1.807) is 0 Å². The van der Waals surface area contributed by atoms with Crippen molar-refractivity contribution in [3.05, 3.63) is 0 Å². The van der Waals surface area contributed by atoms with E-state index in [0.717, 1.165) is 6.42 Å².